The lowest BCUT2D eigenvalue weighted by Crippen LogP contribution is -2.38. The van der Waals surface area contributed by atoms with Gasteiger partial charge in [0.2, 0.25) is 0 Å². The molecule has 1 aliphatic heterocycles. The summed E-state index contributed by atoms with van der Waals surface area (Å²) in [6.07, 6.45) is 2.44. The minimum Gasteiger partial charge on any atom is -0.379 e. The van der Waals surface area contributed by atoms with E-state index in [9.17, 15) is 4.79 Å². The predicted octanol–water partition coefficient (Wildman–Crippen LogP) is 1.50. The molecule has 1 aromatic rings. The summed E-state index contributed by atoms with van der Waals surface area (Å²) in [4.78, 5) is 18.4. The highest BCUT2D eigenvalue weighted by Crippen LogP contribution is 2.15. The van der Waals surface area contributed by atoms with E-state index < -0.39 is 0 Å². The molecule has 1 amide bonds. The van der Waals surface area contributed by atoms with Crippen molar-refractivity contribution >= 4 is 17.5 Å². The Hall–Kier alpha value is -1.17. The lowest BCUT2D eigenvalue weighted by molar-refractivity contribution is 0.0374. The van der Waals surface area contributed by atoms with Crippen LogP contribution < -0.4 is 5.32 Å². The van der Waals surface area contributed by atoms with Crippen LogP contribution in [0.1, 0.15) is 22.5 Å². The van der Waals surface area contributed by atoms with E-state index in [0.29, 0.717) is 17.1 Å². The number of halogens is 1. The zero-order valence-corrected chi connectivity index (χ0v) is 12.4. The van der Waals surface area contributed by atoms with Crippen molar-refractivity contribution in [1.29, 1.82) is 0 Å². The van der Waals surface area contributed by atoms with Crippen LogP contribution in [0.5, 0.6) is 0 Å². The zero-order valence-electron chi connectivity index (χ0n) is 11.7. The van der Waals surface area contributed by atoms with Gasteiger partial charge in [0, 0.05) is 31.5 Å². The number of rotatable bonds is 5. The van der Waals surface area contributed by atoms with Gasteiger partial charge in [-0.15, -0.1) is 0 Å². The number of carbonyl (C=O) groups excluding carboxylic acids is 1. The molecule has 0 unspecified atom stereocenters. The van der Waals surface area contributed by atoms with Crippen molar-refractivity contribution in [1.82, 2.24) is 15.2 Å². The van der Waals surface area contributed by atoms with E-state index in [2.05, 4.69) is 15.2 Å². The molecule has 5 nitrogen and oxygen atoms in total. The van der Waals surface area contributed by atoms with E-state index in [-0.39, 0.29) is 5.91 Å². The first-order chi connectivity index (χ1) is 9.66. The fraction of sp³-hybridized carbons (Fsp3) is 0.571. The normalized spacial score (nSPS) is 16.1. The maximum absolute atomic E-state index is 12.0. The minimum atomic E-state index is -0.163. The molecular weight excluding hydrogens is 278 g/mol. The van der Waals surface area contributed by atoms with Gasteiger partial charge in [0.05, 0.1) is 23.8 Å². The first-order valence-corrected chi connectivity index (χ1v) is 7.25. The number of nitrogens with zero attached hydrogens (tertiary/aromatic N) is 2. The van der Waals surface area contributed by atoms with Gasteiger partial charge in [-0.05, 0) is 26.0 Å². The third kappa shape index (κ3) is 4.44. The standard InChI is InChI=1S/C14H20ClN3O2/c1-11-9-13(15)12(10-17-11)14(19)16-3-2-4-18-5-7-20-8-6-18/h9-10H,2-8H2,1H3,(H,16,19). The second-order valence-corrected chi connectivity index (χ2v) is 5.28. The van der Waals surface area contributed by atoms with Crippen LogP contribution in [0.4, 0.5) is 0 Å². The van der Waals surface area contributed by atoms with Gasteiger partial charge < -0.3 is 10.1 Å². The first-order valence-electron chi connectivity index (χ1n) is 6.87. The van der Waals surface area contributed by atoms with Crippen molar-refractivity contribution in [2.24, 2.45) is 0 Å². The van der Waals surface area contributed by atoms with Gasteiger partial charge in [0.15, 0.2) is 0 Å². The van der Waals surface area contributed by atoms with Gasteiger partial charge in [0.1, 0.15) is 0 Å². The summed E-state index contributed by atoms with van der Waals surface area (Å²) >= 11 is 6.04. The Balaban J connectivity index is 1.72. The molecule has 0 saturated carbocycles. The quantitative estimate of drug-likeness (QED) is 0.837. The molecule has 1 fully saturated rings. The van der Waals surface area contributed by atoms with Crippen molar-refractivity contribution in [3.8, 4) is 0 Å². The number of ether oxygens (including phenoxy) is 1. The van der Waals surface area contributed by atoms with Crippen LogP contribution in [0.25, 0.3) is 0 Å². The van der Waals surface area contributed by atoms with E-state index in [4.69, 9.17) is 16.3 Å². The highest BCUT2D eigenvalue weighted by atomic mass is 35.5. The van der Waals surface area contributed by atoms with Gasteiger partial charge in [-0.25, -0.2) is 0 Å². The van der Waals surface area contributed by atoms with Crippen LogP contribution in [0.15, 0.2) is 12.3 Å². The molecular formula is C14H20ClN3O2. The Morgan fingerprint density at radius 3 is 2.95 bits per heavy atom. The molecule has 1 N–H and O–H groups in total. The summed E-state index contributed by atoms with van der Waals surface area (Å²) < 4.78 is 5.29. The summed E-state index contributed by atoms with van der Waals surface area (Å²) in [7, 11) is 0. The molecule has 0 atom stereocenters. The zero-order chi connectivity index (χ0) is 14.4. The maximum atomic E-state index is 12.0. The average Bonchev–Trinajstić information content (AvgIpc) is 2.44. The first kappa shape index (κ1) is 15.2. The van der Waals surface area contributed by atoms with Crippen LogP contribution in [-0.4, -0.2) is 55.2 Å². The van der Waals surface area contributed by atoms with Crippen LogP contribution in [0.2, 0.25) is 5.02 Å². The van der Waals surface area contributed by atoms with Gasteiger partial charge in [0.25, 0.3) is 5.91 Å². The van der Waals surface area contributed by atoms with Crippen LogP contribution in [-0.2, 0) is 4.74 Å². The van der Waals surface area contributed by atoms with Crippen LogP contribution >= 0.6 is 11.6 Å². The molecule has 6 heteroatoms. The molecule has 1 aliphatic rings. The summed E-state index contributed by atoms with van der Waals surface area (Å²) in [6.45, 7) is 7.01. The lowest BCUT2D eigenvalue weighted by atomic mass is 10.2. The van der Waals surface area contributed by atoms with E-state index in [1.807, 2.05) is 6.92 Å². The van der Waals surface area contributed by atoms with Gasteiger partial charge >= 0.3 is 0 Å². The van der Waals surface area contributed by atoms with Gasteiger partial charge in [-0.1, -0.05) is 11.6 Å². The molecule has 0 spiro atoms. The number of aryl methyl sites for hydroxylation is 1. The van der Waals surface area contributed by atoms with Gasteiger partial charge in [-0.3, -0.25) is 14.7 Å². The second-order valence-electron chi connectivity index (χ2n) is 4.87. The Morgan fingerprint density at radius 2 is 2.25 bits per heavy atom. The van der Waals surface area contributed by atoms with Crippen molar-refractivity contribution in [3.05, 3.63) is 28.5 Å². The topological polar surface area (TPSA) is 54.5 Å². The smallest absolute Gasteiger partial charge is 0.254 e. The van der Waals surface area contributed by atoms with E-state index in [1.165, 1.54) is 6.20 Å². The number of nitrogens with one attached hydrogen (secondary N) is 1. The molecule has 2 rings (SSSR count). The number of aromatic nitrogens is 1. The van der Waals surface area contributed by atoms with Crippen molar-refractivity contribution in [2.45, 2.75) is 13.3 Å². The molecule has 110 valence electrons. The molecule has 0 bridgehead atoms. The largest absolute Gasteiger partial charge is 0.379 e. The van der Waals surface area contributed by atoms with Crippen molar-refractivity contribution in [3.63, 3.8) is 0 Å². The monoisotopic (exact) mass is 297 g/mol. The maximum Gasteiger partial charge on any atom is 0.254 e. The van der Waals surface area contributed by atoms with Crippen molar-refractivity contribution < 1.29 is 9.53 Å². The SMILES string of the molecule is Cc1cc(Cl)c(C(=O)NCCCN2CCOCC2)cn1. The second kappa shape index (κ2) is 7.57. The minimum absolute atomic E-state index is 0.163. The molecule has 0 aliphatic carbocycles. The number of hydrogen-bond acceptors (Lipinski definition) is 4. The fourth-order valence-corrected chi connectivity index (χ4v) is 2.41. The van der Waals surface area contributed by atoms with E-state index in [0.717, 1.165) is 45.0 Å². The Bertz CT molecular complexity index is 462. The Labute approximate surface area is 124 Å². The van der Waals surface area contributed by atoms with Crippen LogP contribution in [0.3, 0.4) is 0 Å². The number of morpholine rings is 1. The van der Waals surface area contributed by atoms with Crippen LogP contribution in [0, 0.1) is 6.92 Å². The third-order valence-electron chi connectivity index (χ3n) is 3.28. The third-order valence-corrected chi connectivity index (χ3v) is 3.59. The molecule has 1 aromatic heterocycles. The number of hydrogen-bond donors (Lipinski definition) is 1. The highest BCUT2D eigenvalue weighted by Gasteiger charge is 2.12. The summed E-state index contributed by atoms with van der Waals surface area (Å²) in [5, 5.41) is 3.32. The summed E-state index contributed by atoms with van der Waals surface area (Å²) in [6, 6.07) is 1.70. The Kier molecular flexibility index (Phi) is 5.76. The summed E-state index contributed by atoms with van der Waals surface area (Å²) in [5.74, 6) is -0.163. The van der Waals surface area contributed by atoms with E-state index in [1.54, 1.807) is 6.07 Å². The van der Waals surface area contributed by atoms with Crippen molar-refractivity contribution in [2.75, 3.05) is 39.4 Å². The number of pyridine rings is 1. The van der Waals surface area contributed by atoms with Gasteiger partial charge in [-0.2, -0.15) is 0 Å². The molecule has 1 saturated heterocycles. The van der Waals surface area contributed by atoms with E-state index >= 15 is 0 Å². The number of amides is 1. The molecule has 20 heavy (non-hydrogen) atoms. The lowest BCUT2D eigenvalue weighted by Gasteiger charge is -2.26. The average molecular weight is 298 g/mol. The summed E-state index contributed by atoms with van der Waals surface area (Å²) in [5.41, 5.74) is 1.24. The highest BCUT2D eigenvalue weighted by molar-refractivity contribution is 6.33. The molecule has 2 heterocycles. The predicted molar refractivity (Wildman–Crippen MR) is 78.2 cm³/mol. The molecule has 0 radical (unpaired) electrons. The number of carbonyl (C=O) groups is 1. The fourth-order valence-electron chi connectivity index (χ4n) is 2.12. The molecule has 0 aromatic carbocycles. The Morgan fingerprint density at radius 1 is 1.50 bits per heavy atom.